The van der Waals surface area contributed by atoms with Crippen LogP contribution in [-0.2, 0) is 4.79 Å². The van der Waals surface area contributed by atoms with Crippen LogP contribution in [0.3, 0.4) is 0 Å². The summed E-state index contributed by atoms with van der Waals surface area (Å²) in [5.41, 5.74) is 0. The molecule has 0 saturated carbocycles. The Morgan fingerprint density at radius 1 is 1.56 bits per heavy atom. The predicted octanol–water partition coefficient (Wildman–Crippen LogP) is 0.778. The van der Waals surface area contributed by atoms with E-state index in [0.29, 0.717) is 5.92 Å². The molecular formula is C7H13NO. The van der Waals surface area contributed by atoms with E-state index in [1.165, 1.54) is 0 Å². The molecule has 1 N–H and O–H groups in total. The second kappa shape index (κ2) is 2.38. The van der Waals surface area contributed by atoms with Crippen LogP contribution >= 0.6 is 0 Å². The third kappa shape index (κ3) is 1.23. The molecule has 1 amide bonds. The van der Waals surface area contributed by atoms with Crippen LogP contribution in [0, 0.1) is 11.8 Å². The van der Waals surface area contributed by atoms with Gasteiger partial charge in [-0.15, -0.1) is 0 Å². The minimum absolute atomic E-state index is 0.216. The molecule has 2 nitrogen and oxygen atoms in total. The molecular weight excluding hydrogens is 114 g/mol. The maximum atomic E-state index is 10.9. The second-order valence-electron chi connectivity index (χ2n) is 2.85. The van der Waals surface area contributed by atoms with E-state index < -0.39 is 0 Å². The van der Waals surface area contributed by atoms with E-state index in [1.54, 1.807) is 0 Å². The van der Waals surface area contributed by atoms with Gasteiger partial charge in [-0.3, -0.25) is 4.79 Å². The van der Waals surface area contributed by atoms with Crippen molar-refractivity contribution in [3.63, 3.8) is 0 Å². The molecule has 0 spiro atoms. The summed E-state index contributed by atoms with van der Waals surface area (Å²) in [6, 6.07) is 0. The van der Waals surface area contributed by atoms with E-state index in [2.05, 4.69) is 12.2 Å². The number of hydrogen-bond donors (Lipinski definition) is 1. The molecule has 1 aliphatic rings. The van der Waals surface area contributed by atoms with Gasteiger partial charge in [-0.2, -0.15) is 0 Å². The third-order valence-corrected chi connectivity index (χ3v) is 2.17. The Hall–Kier alpha value is -0.530. The SMILES string of the molecule is C[C@@H]1CCNC(=O)[C@@H]1C. The molecule has 2 atom stereocenters. The average Bonchev–Trinajstić information content (AvgIpc) is 1.83. The molecule has 0 unspecified atom stereocenters. The van der Waals surface area contributed by atoms with E-state index in [1.807, 2.05) is 6.92 Å². The van der Waals surface area contributed by atoms with Crippen LogP contribution in [-0.4, -0.2) is 12.5 Å². The first-order chi connectivity index (χ1) is 4.22. The van der Waals surface area contributed by atoms with E-state index in [-0.39, 0.29) is 11.8 Å². The van der Waals surface area contributed by atoms with Crippen LogP contribution in [0.25, 0.3) is 0 Å². The summed E-state index contributed by atoms with van der Waals surface area (Å²) in [5.74, 6) is 1.01. The average molecular weight is 127 g/mol. The molecule has 1 aliphatic heterocycles. The number of rotatable bonds is 0. The Morgan fingerprint density at radius 2 is 2.22 bits per heavy atom. The van der Waals surface area contributed by atoms with Crippen LogP contribution in [0.1, 0.15) is 20.3 Å². The van der Waals surface area contributed by atoms with Crippen LogP contribution in [0.2, 0.25) is 0 Å². The standard InChI is InChI=1S/C7H13NO/c1-5-3-4-8-7(9)6(5)2/h5-6H,3-4H2,1-2H3,(H,8,9)/t5-,6-/m1/s1. The number of piperidine rings is 1. The van der Waals surface area contributed by atoms with Crippen molar-refractivity contribution in [2.75, 3.05) is 6.54 Å². The zero-order valence-electron chi connectivity index (χ0n) is 5.98. The van der Waals surface area contributed by atoms with Gasteiger partial charge in [-0.05, 0) is 12.3 Å². The van der Waals surface area contributed by atoms with Gasteiger partial charge in [0.15, 0.2) is 0 Å². The first kappa shape index (κ1) is 6.59. The maximum absolute atomic E-state index is 10.9. The van der Waals surface area contributed by atoms with E-state index in [4.69, 9.17) is 0 Å². The highest BCUT2D eigenvalue weighted by molar-refractivity contribution is 5.79. The summed E-state index contributed by atoms with van der Waals surface area (Å²) in [6.07, 6.45) is 1.13. The first-order valence-corrected chi connectivity index (χ1v) is 3.49. The van der Waals surface area contributed by atoms with E-state index in [0.717, 1.165) is 13.0 Å². The summed E-state index contributed by atoms with van der Waals surface area (Å²) in [6.45, 7) is 4.98. The van der Waals surface area contributed by atoms with Crippen LogP contribution in [0.5, 0.6) is 0 Å². The molecule has 0 radical (unpaired) electrons. The zero-order valence-corrected chi connectivity index (χ0v) is 5.98. The van der Waals surface area contributed by atoms with Crippen LogP contribution < -0.4 is 5.32 Å². The van der Waals surface area contributed by atoms with Crippen molar-refractivity contribution in [1.82, 2.24) is 5.32 Å². The molecule has 1 saturated heterocycles. The number of hydrogen-bond acceptors (Lipinski definition) is 1. The maximum Gasteiger partial charge on any atom is 0.223 e. The van der Waals surface area contributed by atoms with Gasteiger partial charge in [0, 0.05) is 12.5 Å². The highest BCUT2D eigenvalue weighted by Gasteiger charge is 2.23. The fraction of sp³-hybridized carbons (Fsp3) is 0.857. The van der Waals surface area contributed by atoms with Gasteiger partial charge in [-0.1, -0.05) is 13.8 Å². The molecule has 1 fully saturated rings. The normalized spacial score (nSPS) is 36.0. The molecule has 0 aromatic rings. The van der Waals surface area contributed by atoms with E-state index >= 15 is 0 Å². The lowest BCUT2D eigenvalue weighted by Crippen LogP contribution is -2.39. The summed E-state index contributed by atoms with van der Waals surface area (Å²) >= 11 is 0. The fourth-order valence-corrected chi connectivity index (χ4v) is 1.09. The van der Waals surface area contributed by atoms with Crippen LogP contribution in [0.15, 0.2) is 0 Å². The van der Waals surface area contributed by atoms with Gasteiger partial charge in [0.05, 0.1) is 0 Å². The first-order valence-electron chi connectivity index (χ1n) is 3.49. The van der Waals surface area contributed by atoms with Crippen molar-refractivity contribution in [3.8, 4) is 0 Å². The van der Waals surface area contributed by atoms with Gasteiger partial charge in [0.2, 0.25) is 5.91 Å². The van der Waals surface area contributed by atoms with Crippen molar-refractivity contribution < 1.29 is 4.79 Å². The molecule has 1 heterocycles. The van der Waals surface area contributed by atoms with Crippen molar-refractivity contribution >= 4 is 5.91 Å². The minimum Gasteiger partial charge on any atom is -0.356 e. The molecule has 1 rings (SSSR count). The highest BCUT2D eigenvalue weighted by Crippen LogP contribution is 2.17. The Balaban J connectivity index is 2.51. The van der Waals surface area contributed by atoms with Gasteiger partial charge in [0.1, 0.15) is 0 Å². The third-order valence-electron chi connectivity index (χ3n) is 2.17. The smallest absolute Gasteiger partial charge is 0.223 e. The molecule has 0 aromatic heterocycles. The summed E-state index contributed by atoms with van der Waals surface area (Å²) in [4.78, 5) is 10.9. The summed E-state index contributed by atoms with van der Waals surface area (Å²) in [5, 5.41) is 2.82. The number of nitrogens with one attached hydrogen (secondary N) is 1. The molecule has 52 valence electrons. The molecule has 0 aliphatic carbocycles. The molecule has 2 heteroatoms. The predicted molar refractivity (Wildman–Crippen MR) is 36.0 cm³/mol. The van der Waals surface area contributed by atoms with Crippen molar-refractivity contribution in [2.24, 2.45) is 11.8 Å². The minimum atomic E-state index is 0.216. The second-order valence-corrected chi connectivity index (χ2v) is 2.85. The van der Waals surface area contributed by atoms with Crippen molar-refractivity contribution in [1.29, 1.82) is 0 Å². The quantitative estimate of drug-likeness (QED) is 0.512. The Kier molecular flexibility index (Phi) is 1.74. The summed E-state index contributed by atoms with van der Waals surface area (Å²) in [7, 11) is 0. The molecule has 0 bridgehead atoms. The largest absolute Gasteiger partial charge is 0.356 e. The lowest BCUT2D eigenvalue weighted by Gasteiger charge is -2.24. The van der Waals surface area contributed by atoms with Crippen molar-refractivity contribution in [3.05, 3.63) is 0 Å². The van der Waals surface area contributed by atoms with E-state index in [9.17, 15) is 4.79 Å². The number of carbonyl (C=O) groups is 1. The van der Waals surface area contributed by atoms with Gasteiger partial charge >= 0.3 is 0 Å². The Labute approximate surface area is 55.6 Å². The zero-order chi connectivity index (χ0) is 6.85. The Morgan fingerprint density at radius 3 is 2.67 bits per heavy atom. The van der Waals surface area contributed by atoms with Crippen molar-refractivity contribution in [2.45, 2.75) is 20.3 Å². The van der Waals surface area contributed by atoms with Gasteiger partial charge < -0.3 is 5.32 Å². The Bertz CT molecular complexity index is 122. The molecule has 9 heavy (non-hydrogen) atoms. The summed E-state index contributed by atoms with van der Waals surface area (Å²) < 4.78 is 0. The molecule has 0 aromatic carbocycles. The lowest BCUT2D eigenvalue weighted by molar-refractivity contribution is -0.127. The van der Waals surface area contributed by atoms with Crippen LogP contribution in [0.4, 0.5) is 0 Å². The fourth-order valence-electron chi connectivity index (χ4n) is 1.09. The van der Waals surface area contributed by atoms with Gasteiger partial charge in [-0.25, -0.2) is 0 Å². The van der Waals surface area contributed by atoms with Gasteiger partial charge in [0.25, 0.3) is 0 Å². The number of amides is 1. The lowest BCUT2D eigenvalue weighted by atomic mass is 9.89. The number of carbonyl (C=O) groups excluding carboxylic acids is 1. The topological polar surface area (TPSA) is 29.1 Å². The monoisotopic (exact) mass is 127 g/mol. The highest BCUT2D eigenvalue weighted by atomic mass is 16.1.